The fourth-order valence-corrected chi connectivity index (χ4v) is 1.61. The Morgan fingerprint density at radius 3 is 3.00 bits per heavy atom. The van der Waals surface area contributed by atoms with E-state index in [9.17, 15) is 4.39 Å². The Labute approximate surface area is 83.1 Å². The lowest BCUT2D eigenvalue weighted by molar-refractivity contribution is 0.195. The first kappa shape index (κ1) is 9.46. The number of nitrogens with one attached hydrogen (secondary N) is 1. The van der Waals surface area contributed by atoms with E-state index in [0.717, 1.165) is 18.6 Å². The number of rotatable bonds is 2. The van der Waals surface area contributed by atoms with Crippen molar-refractivity contribution in [1.82, 2.24) is 0 Å². The summed E-state index contributed by atoms with van der Waals surface area (Å²) in [5.74, 6) is -0.183. The molecule has 0 radical (unpaired) electrons. The van der Waals surface area contributed by atoms with E-state index >= 15 is 0 Å². The van der Waals surface area contributed by atoms with Crippen molar-refractivity contribution >= 4 is 5.69 Å². The minimum atomic E-state index is -0.183. The molecule has 1 fully saturated rings. The molecule has 2 rings (SSSR count). The van der Waals surface area contributed by atoms with Gasteiger partial charge in [-0.2, -0.15) is 0 Å². The summed E-state index contributed by atoms with van der Waals surface area (Å²) < 4.78 is 18.6. The molecular weight excluding hydrogens is 181 g/mol. The highest BCUT2D eigenvalue weighted by Crippen LogP contribution is 2.18. The highest BCUT2D eigenvalue weighted by atomic mass is 19.1. The highest BCUT2D eigenvalue weighted by molar-refractivity contribution is 5.47. The molecule has 1 atom stereocenters. The van der Waals surface area contributed by atoms with Gasteiger partial charge in [-0.25, -0.2) is 4.39 Å². The third kappa shape index (κ3) is 2.04. The molecule has 1 aliphatic rings. The maximum absolute atomic E-state index is 13.4. The number of halogens is 1. The third-order valence-electron chi connectivity index (χ3n) is 2.41. The van der Waals surface area contributed by atoms with Crippen LogP contribution in [0.2, 0.25) is 0 Å². The maximum atomic E-state index is 13.4. The summed E-state index contributed by atoms with van der Waals surface area (Å²) in [6.45, 7) is 3.32. The topological polar surface area (TPSA) is 21.3 Å². The Hall–Kier alpha value is -1.09. The Morgan fingerprint density at radius 2 is 2.36 bits per heavy atom. The molecule has 14 heavy (non-hydrogen) atoms. The molecule has 76 valence electrons. The largest absolute Gasteiger partial charge is 0.379 e. The lowest BCUT2D eigenvalue weighted by Gasteiger charge is -2.12. The smallest absolute Gasteiger partial charge is 0.146 e. The quantitative estimate of drug-likeness (QED) is 0.782. The minimum Gasteiger partial charge on any atom is -0.379 e. The molecule has 0 spiro atoms. The Balaban J connectivity index is 2.08. The monoisotopic (exact) mass is 195 g/mol. The molecule has 1 aromatic rings. The van der Waals surface area contributed by atoms with Gasteiger partial charge in [-0.15, -0.1) is 0 Å². The first-order valence-electron chi connectivity index (χ1n) is 4.86. The van der Waals surface area contributed by atoms with Gasteiger partial charge in [0.05, 0.1) is 18.3 Å². The lowest BCUT2D eigenvalue weighted by Crippen LogP contribution is -2.19. The van der Waals surface area contributed by atoms with Gasteiger partial charge >= 0.3 is 0 Å². The van der Waals surface area contributed by atoms with Crippen molar-refractivity contribution in [3.63, 3.8) is 0 Å². The Morgan fingerprint density at radius 1 is 1.50 bits per heavy atom. The predicted octanol–water partition coefficient (Wildman–Crippen LogP) is 2.33. The number of anilines is 1. The van der Waals surface area contributed by atoms with Gasteiger partial charge < -0.3 is 10.1 Å². The molecule has 1 heterocycles. The van der Waals surface area contributed by atoms with Gasteiger partial charge in [0.1, 0.15) is 5.82 Å². The molecular formula is C11H14FNO. The molecule has 0 bridgehead atoms. The van der Waals surface area contributed by atoms with Crippen molar-refractivity contribution in [3.8, 4) is 0 Å². The van der Waals surface area contributed by atoms with Crippen LogP contribution >= 0.6 is 0 Å². The zero-order valence-electron chi connectivity index (χ0n) is 8.22. The average Bonchev–Trinajstić information content (AvgIpc) is 2.62. The van der Waals surface area contributed by atoms with Crippen molar-refractivity contribution in [3.05, 3.63) is 29.6 Å². The molecule has 1 N–H and O–H groups in total. The van der Waals surface area contributed by atoms with Crippen LogP contribution in [0.5, 0.6) is 0 Å². The van der Waals surface area contributed by atoms with Crippen LogP contribution in [-0.4, -0.2) is 19.3 Å². The molecule has 0 aromatic heterocycles. The van der Waals surface area contributed by atoms with Crippen LogP contribution < -0.4 is 5.32 Å². The van der Waals surface area contributed by atoms with Crippen molar-refractivity contribution in [2.75, 3.05) is 18.5 Å². The fraction of sp³-hybridized carbons (Fsp3) is 0.455. The number of aryl methyl sites for hydroxylation is 1. The summed E-state index contributed by atoms with van der Waals surface area (Å²) in [4.78, 5) is 0. The fourth-order valence-electron chi connectivity index (χ4n) is 1.61. The molecule has 1 aromatic carbocycles. The molecule has 0 saturated carbocycles. The van der Waals surface area contributed by atoms with E-state index < -0.39 is 0 Å². The number of hydrogen-bond acceptors (Lipinski definition) is 2. The van der Waals surface area contributed by atoms with Gasteiger partial charge in [-0.1, -0.05) is 6.07 Å². The van der Waals surface area contributed by atoms with E-state index in [1.807, 2.05) is 13.0 Å². The SMILES string of the molecule is Cc1ccc(NC2CCOC2)c(F)c1. The van der Waals surface area contributed by atoms with Crippen molar-refractivity contribution in [2.24, 2.45) is 0 Å². The van der Waals surface area contributed by atoms with Gasteiger partial charge in [-0.05, 0) is 31.0 Å². The Kier molecular flexibility index (Phi) is 2.68. The van der Waals surface area contributed by atoms with E-state index in [1.165, 1.54) is 6.07 Å². The second-order valence-electron chi connectivity index (χ2n) is 3.69. The lowest BCUT2D eigenvalue weighted by atomic mass is 10.2. The summed E-state index contributed by atoms with van der Waals surface area (Å²) >= 11 is 0. The number of hydrogen-bond donors (Lipinski definition) is 1. The molecule has 1 saturated heterocycles. The summed E-state index contributed by atoms with van der Waals surface area (Å²) in [5, 5.41) is 3.14. The molecule has 0 amide bonds. The van der Waals surface area contributed by atoms with Crippen LogP contribution in [0.1, 0.15) is 12.0 Å². The van der Waals surface area contributed by atoms with Crippen molar-refractivity contribution < 1.29 is 9.13 Å². The predicted molar refractivity (Wildman–Crippen MR) is 54.0 cm³/mol. The van der Waals surface area contributed by atoms with Gasteiger partial charge in [0.15, 0.2) is 0 Å². The second-order valence-corrected chi connectivity index (χ2v) is 3.69. The second kappa shape index (κ2) is 3.96. The summed E-state index contributed by atoms with van der Waals surface area (Å²) in [7, 11) is 0. The normalized spacial score (nSPS) is 21.1. The molecule has 2 nitrogen and oxygen atoms in total. The van der Waals surface area contributed by atoms with E-state index in [1.54, 1.807) is 6.07 Å². The number of ether oxygens (including phenoxy) is 1. The molecule has 3 heteroatoms. The van der Waals surface area contributed by atoms with Gasteiger partial charge in [-0.3, -0.25) is 0 Å². The van der Waals surface area contributed by atoms with Crippen molar-refractivity contribution in [1.29, 1.82) is 0 Å². The molecule has 1 unspecified atom stereocenters. The highest BCUT2D eigenvalue weighted by Gasteiger charge is 2.16. The van der Waals surface area contributed by atoms with Crippen LogP contribution in [-0.2, 0) is 4.74 Å². The summed E-state index contributed by atoms with van der Waals surface area (Å²) in [6.07, 6.45) is 0.952. The van der Waals surface area contributed by atoms with E-state index in [4.69, 9.17) is 4.74 Å². The zero-order valence-corrected chi connectivity index (χ0v) is 8.22. The molecule has 0 aliphatic carbocycles. The standard InChI is InChI=1S/C11H14FNO/c1-8-2-3-11(10(12)6-8)13-9-4-5-14-7-9/h2-3,6,9,13H,4-5,7H2,1H3. The maximum Gasteiger partial charge on any atom is 0.146 e. The summed E-state index contributed by atoms with van der Waals surface area (Å²) in [6, 6.07) is 5.48. The van der Waals surface area contributed by atoms with Crippen LogP contribution in [0, 0.1) is 12.7 Å². The minimum absolute atomic E-state index is 0.183. The van der Waals surface area contributed by atoms with Gasteiger partial charge in [0.25, 0.3) is 0 Å². The Bertz CT molecular complexity index is 321. The first-order valence-corrected chi connectivity index (χ1v) is 4.86. The van der Waals surface area contributed by atoms with Crippen LogP contribution in [0.4, 0.5) is 10.1 Å². The van der Waals surface area contributed by atoms with Crippen LogP contribution in [0.15, 0.2) is 18.2 Å². The van der Waals surface area contributed by atoms with E-state index in [2.05, 4.69) is 5.32 Å². The third-order valence-corrected chi connectivity index (χ3v) is 2.41. The summed E-state index contributed by atoms with van der Waals surface area (Å²) in [5.41, 5.74) is 1.52. The molecule has 1 aliphatic heterocycles. The van der Waals surface area contributed by atoms with Gasteiger partial charge in [0.2, 0.25) is 0 Å². The van der Waals surface area contributed by atoms with Crippen molar-refractivity contribution in [2.45, 2.75) is 19.4 Å². The van der Waals surface area contributed by atoms with E-state index in [0.29, 0.717) is 12.3 Å². The van der Waals surface area contributed by atoms with E-state index in [-0.39, 0.29) is 11.9 Å². The van der Waals surface area contributed by atoms with Crippen LogP contribution in [0.3, 0.4) is 0 Å². The number of benzene rings is 1. The average molecular weight is 195 g/mol. The van der Waals surface area contributed by atoms with Crippen LogP contribution in [0.25, 0.3) is 0 Å². The first-order chi connectivity index (χ1) is 6.75. The van der Waals surface area contributed by atoms with Gasteiger partial charge in [0, 0.05) is 6.61 Å². The zero-order chi connectivity index (χ0) is 9.97.